The van der Waals surface area contributed by atoms with E-state index in [2.05, 4.69) is 9.47 Å². The predicted octanol–water partition coefficient (Wildman–Crippen LogP) is 1.89. The van der Waals surface area contributed by atoms with Gasteiger partial charge in [0.2, 0.25) is 5.75 Å². The molecule has 0 amide bonds. The van der Waals surface area contributed by atoms with Crippen molar-refractivity contribution in [1.82, 2.24) is 0 Å². The van der Waals surface area contributed by atoms with Crippen LogP contribution in [0.2, 0.25) is 0 Å². The zero-order valence-corrected chi connectivity index (χ0v) is 7.58. The molecule has 15 heavy (non-hydrogen) atoms. The molecule has 6 heteroatoms. The molecule has 0 unspecified atom stereocenters. The van der Waals surface area contributed by atoms with Crippen LogP contribution in [-0.2, 0) is 0 Å². The fraction of sp³-hybridized carbons (Fsp3) is 0.222. The van der Waals surface area contributed by atoms with E-state index in [4.69, 9.17) is 10.00 Å². The Morgan fingerprint density at radius 2 is 2.13 bits per heavy atom. The van der Waals surface area contributed by atoms with Crippen LogP contribution in [0.25, 0.3) is 0 Å². The van der Waals surface area contributed by atoms with Crippen molar-refractivity contribution in [1.29, 1.82) is 5.26 Å². The lowest BCUT2D eigenvalue weighted by atomic mass is 10.2. The Labute approximate surface area is 83.6 Å². The second kappa shape index (κ2) is 2.98. The van der Waals surface area contributed by atoms with Crippen molar-refractivity contribution in [2.75, 3.05) is 7.11 Å². The van der Waals surface area contributed by atoms with Gasteiger partial charge in [0.15, 0.2) is 11.5 Å². The summed E-state index contributed by atoms with van der Waals surface area (Å²) >= 11 is 0. The number of fused-ring (bicyclic) bond motifs is 1. The third kappa shape index (κ3) is 1.52. The van der Waals surface area contributed by atoms with Crippen LogP contribution in [0.15, 0.2) is 12.1 Å². The molecule has 78 valence electrons. The van der Waals surface area contributed by atoms with Crippen molar-refractivity contribution < 1.29 is 23.0 Å². The molecule has 1 aliphatic rings. The van der Waals surface area contributed by atoms with E-state index in [9.17, 15) is 8.78 Å². The molecule has 1 aromatic rings. The van der Waals surface area contributed by atoms with Crippen molar-refractivity contribution in [2.24, 2.45) is 0 Å². The molecule has 0 spiro atoms. The molecule has 1 aromatic carbocycles. The maximum absolute atomic E-state index is 12.7. The van der Waals surface area contributed by atoms with Crippen LogP contribution in [-0.4, -0.2) is 13.4 Å². The quantitative estimate of drug-likeness (QED) is 0.714. The lowest BCUT2D eigenvalue weighted by Gasteiger charge is -2.05. The Morgan fingerprint density at radius 3 is 2.73 bits per heavy atom. The number of nitriles is 1. The van der Waals surface area contributed by atoms with E-state index in [1.807, 2.05) is 0 Å². The largest absolute Gasteiger partial charge is 0.586 e. The summed E-state index contributed by atoms with van der Waals surface area (Å²) in [5.74, 6) is -0.348. The van der Waals surface area contributed by atoms with Crippen LogP contribution >= 0.6 is 0 Å². The number of hydrogen-bond acceptors (Lipinski definition) is 4. The monoisotopic (exact) mass is 213 g/mol. The van der Waals surface area contributed by atoms with Crippen LogP contribution in [0, 0.1) is 11.3 Å². The standard InChI is InChI=1S/C9H5F2NO3/c1-13-6-2-5(4-12)3-7-8(6)15-9(10,11)14-7/h2-3H,1H3. The molecule has 4 nitrogen and oxygen atoms in total. The van der Waals surface area contributed by atoms with Crippen molar-refractivity contribution in [3.8, 4) is 23.3 Å². The molecule has 0 atom stereocenters. The minimum Gasteiger partial charge on any atom is -0.493 e. The molecule has 0 bridgehead atoms. The van der Waals surface area contributed by atoms with Crippen molar-refractivity contribution in [3.63, 3.8) is 0 Å². The topological polar surface area (TPSA) is 51.5 Å². The fourth-order valence-electron chi connectivity index (χ4n) is 1.24. The van der Waals surface area contributed by atoms with E-state index < -0.39 is 6.29 Å². The highest BCUT2D eigenvalue weighted by molar-refractivity contribution is 5.57. The first kappa shape index (κ1) is 9.52. The van der Waals surface area contributed by atoms with Gasteiger partial charge in [-0.3, -0.25) is 0 Å². The van der Waals surface area contributed by atoms with E-state index in [1.54, 1.807) is 6.07 Å². The van der Waals surface area contributed by atoms with Crippen LogP contribution in [0.3, 0.4) is 0 Å². The van der Waals surface area contributed by atoms with Crippen LogP contribution in [0.5, 0.6) is 17.2 Å². The molecule has 0 fully saturated rings. The van der Waals surface area contributed by atoms with Gasteiger partial charge in [-0.25, -0.2) is 0 Å². The number of alkyl halides is 2. The summed E-state index contributed by atoms with van der Waals surface area (Å²) < 4.78 is 38.6. The van der Waals surface area contributed by atoms with Gasteiger partial charge in [0.05, 0.1) is 18.7 Å². The molecule has 0 N–H and O–H groups in total. The van der Waals surface area contributed by atoms with E-state index in [0.717, 1.165) is 0 Å². The zero-order valence-electron chi connectivity index (χ0n) is 7.58. The number of hydrogen-bond donors (Lipinski definition) is 0. The molecule has 0 radical (unpaired) electrons. The summed E-state index contributed by atoms with van der Waals surface area (Å²) in [5, 5.41) is 8.63. The first-order valence-corrected chi connectivity index (χ1v) is 3.94. The SMILES string of the molecule is COc1cc(C#N)cc2c1OC(F)(F)O2. The molecule has 0 saturated carbocycles. The summed E-state index contributed by atoms with van der Waals surface area (Å²) in [6.07, 6.45) is -3.70. The van der Waals surface area contributed by atoms with E-state index >= 15 is 0 Å². The van der Waals surface area contributed by atoms with Gasteiger partial charge in [0.25, 0.3) is 0 Å². The molecule has 0 saturated heterocycles. The van der Waals surface area contributed by atoms with Crippen LogP contribution in [0.4, 0.5) is 8.78 Å². The van der Waals surface area contributed by atoms with E-state index in [1.165, 1.54) is 19.2 Å². The Morgan fingerprint density at radius 1 is 1.40 bits per heavy atom. The van der Waals surface area contributed by atoms with Gasteiger partial charge in [-0.05, 0) is 0 Å². The number of ether oxygens (including phenoxy) is 3. The Balaban J connectivity index is 2.54. The van der Waals surface area contributed by atoms with Gasteiger partial charge in [-0.2, -0.15) is 5.26 Å². The molecule has 1 heterocycles. The van der Waals surface area contributed by atoms with Crippen LogP contribution in [0.1, 0.15) is 5.56 Å². The Kier molecular flexibility index (Phi) is 1.89. The van der Waals surface area contributed by atoms with Crippen LogP contribution < -0.4 is 14.2 Å². The van der Waals surface area contributed by atoms with Gasteiger partial charge in [0, 0.05) is 12.1 Å². The predicted molar refractivity (Wildman–Crippen MR) is 43.9 cm³/mol. The highest BCUT2D eigenvalue weighted by Crippen LogP contribution is 2.47. The van der Waals surface area contributed by atoms with Gasteiger partial charge >= 0.3 is 6.29 Å². The molecular formula is C9H5F2NO3. The zero-order chi connectivity index (χ0) is 11.1. The number of halogens is 2. The molecule has 0 aromatic heterocycles. The van der Waals surface area contributed by atoms with Gasteiger partial charge in [-0.1, -0.05) is 0 Å². The summed E-state index contributed by atoms with van der Waals surface area (Å²) in [5.41, 5.74) is 0.159. The minimum atomic E-state index is -3.70. The van der Waals surface area contributed by atoms with E-state index in [0.29, 0.717) is 0 Å². The average Bonchev–Trinajstić information content (AvgIpc) is 2.50. The third-order valence-electron chi connectivity index (χ3n) is 1.82. The summed E-state index contributed by atoms with van der Waals surface area (Å²) in [7, 11) is 1.29. The summed E-state index contributed by atoms with van der Waals surface area (Å²) in [6, 6.07) is 4.26. The van der Waals surface area contributed by atoms with Crippen molar-refractivity contribution in [3.05, 3.63) is 17.7 Å². The first-order chi connectivity index (χ1) is 7.05. The Hall–Kier alpha value is -2.03. The van der Waals surface area contributed by atoms with Gasteiger partial charge in [-0.15, -0.1) is 8.78 Å². The fourth-order valence-corrected chi connectivity index (χ4v) is 1.24. The second-order valence-corrected chi connectivity index (χ2v) is 2.79. The third-order valence-corrected chi connectivity index (χ3v) is 1.82. The summed E-state index contributed by atoms with van der Waals surface area (Å²) in [6.45, 7) is 0. The molecular weight excluding hydrogens is 208 g/mol. The molecule has 0 aliphatic carbocycles. The number of nitrogens with zero attached hydrogens (tertiary/aromatic N) is 1. The average molecular weight is 213 g/mol. The number of methoxy groups -OCH3 is 1. The van der Waals surface area contributed by atoms with E-state index in [-0.39, 0.29) is 22.8 Å². The highest BCUT2D eigenvalue weighted by Gasteiger charge is 2.45. The van der Waals surface area contributed by atoms with Crippen molar-refractivity contribution in [2.45, 2.75) is 6.29 Å². The maximum atomic E-state index is 12.7. The number of rotatable bonds is 1. The smallest absolute Gasteiger partial charge is 0.493 e. The molecule has 1 aliphatic heterocycles. The maximum Gasteiger partial charge on any atom is 0.586 e. The lowest BCUT2D eigenvalue weighted by molar-refractivity contribution is -0.287. The lowest BCUT2D eigenvalue weighted by Crippen LogP contribution is -2.26. The second-order valence-electron chi connectivity index (χ2n) is 2.79. The highest BCUT2D eigenvalue weighted by atomic mass is 19.3. The van der Waals surface area contributed by atoms with Crippen molar-refractivity contribution >= 4 is 0 Å². The first-order valence-electron chi connectivity index (χ1n) is 3.94. The summed E-state index contributed by atoms with van der Waals surface area (Å²) in [4.78, 5) is 0. The Bertz CT molecular complexity index is 453. The van der Waals surface area contributed by atoms with Gasteiger partial charge < -0.3 is 14.2 Å². The minimum absolute atomic E-state index is 0.0428. The number of benzene rings is 1. The molecule has 2 rings (SSSR count). The normalized spacial score (nSPS) is 15.9. The van der Waals surface area contributed by atoms with Gasteiger partial charge in [0.1, 0.15) is 0 Å².